The van der Waals surface area contributed by atoms with Crippen LogP contribution in [0.5, 0.6) is 0 Å². The summed E-state index contributed by atoms with van der Waals surface area (Å²) in [5, 5.41) is 17.9. The number of ether oxygens (including phenoxy) is 6. The summed E-state index contributed by atoms with van der Waals surface area (Å²) >= 11 is 10.8. The highest BCUT2D eigenvalue weighted by molar-refractivity contribution is 6.18. The van der Waals surface area contributed by atoms with Gasteiger partial charge in [0.1, 0.15) is 13.2 Å². The Balaban J connectivity index is 0. The molecule has 0 spiro atoms. The first-order valence-corrected chi connectivity index (χ1v) is 16.6. The fourth-order valence-electron chi connectivity index (χ4n) is 3.83. The molecule has 0 saturated heterocycles. The number of aryl methyl sites for hydroxylation is 2. The number of hydrogen-bond donors (Lipinski definition) is 2. The van der Waals surface area contributed by atoms with E-state index in [2.05, 4.69) is 33.7 Å². The van der Waals surface area contributed by atoms with Crippen molar-refractivity contribution < 1.29 is 72.6 Å². The van der Waals surface area contributed by atoms with Crippen molar-refractivity contribution in [2.24, 2.45) is 0 Å². The lowest BCUT2D eigenvalue weighted by molar-refractivity contribution is -0.698. The van der Waals surface area contributed by atoms with Gasteiger partial charge in [0.25, 0.3) is 0 Å². The number of alkyl halides is 2. The second-order valence-corrected chi connectivity index (χ2v) is 10.4. The highest BCUT2D eigenvalue weighted by Crippen LogP contribution is 1.99. The molecule has 0 bridgehead atoms. The zero-order valence-corrected chi connectivity index (χ0v) is 29.9. The summed E-state index contributed by atoms with van der Waals surface area (Å²) in [6, 6.07) is 8.22. The van der Waals surface area contributed by atoms with Gasteiger partial charge in [-0.25, -0.2) is 9.13 Å². The summed E-state index contributed by atoms with van der Waals surface area (Å²) < 4.78 is 36.4. The van der Waals surface area contributed by atoms with E-state index in [1.54, 1.807) is 0 Å². The molecule has 0 fully saturated rings. The van der Waals surface area contributed by atoms with E-state index in [1.165, 1.54) is 11.1 Å². The van der Waals surface area contributed by atoms with Gasteiger partial charge in [-0.3, -0.25) is 0 Å². The summed E-state index contributed by atoms with van der Waals surface area (Å²) in [6.07, 6.45) is 11.6. The Morgan fingerprint density at radius 3 is 1.15 bits per heavy atom. The average Bonchev–Trinajstić information content (AvgIpc) is 3.05. The van der Waals surface area contributed by atoms with Crippen LogP contribution in [0, 0.1) is 0 Å². The minimum absolute atomic E-state index is 0. The van der Waals surface area contributed by atoms with Crippen LogP contribution in [0.15, 0.2) is 49.1 Å². The Labute approximate surface area is 298 Å². The third-order valence-corrected chi connectivity index (χ3v) is 6.31. The molecule has 0 saturated carbocycles. The number of pyridine rings is 2. The quantitative estimate of drug-likeness (QED) is 0.0526. The van der Waals surface area contributed by atoms with Gasteiger partial charge in [0, 0.05) is 48.2 Å². The molecular weight excluding hydrogens is 682 g/mol. The molecule has 0 aromatic carbocycles. The standard InChI is InChI=1S/C24H38N2O5.C8H16Cl2O3.2ClH/c27-13-3-7-23-5-1-9-25(21-23)11-15-29-17-19-31-20-18-30-16-12-26-10-2-6-24(22-26)8-4-14-28;9-1-3-11-5-7-13-8-6-12-4-2-10;;/h1-2,5-6,9-10,21-22,27-28H,3-4,7-8,11-20H2;1-8H2;2*1H/q+2;;;/p-2. The molecule has 2 N–H and O–H groups in total. The van der Waals surface area contributed by atoms with Crippen molar-refractivity contribution in [1.82, 2.24) is 0 Å². The average molecular weight is 737 g/mol. The fraction of sp³-hybridized carbons (Fsp3) is 0.688. The molecule has 14 heteroatoms. The van der Waals surface area contributed by atoms with E-state index < -0.39 is 0 Å². The first kappa shape index (κ1) is 47.3. The summed E-state index contributed by atoms with van der Waals surface area (Å²) in [5.41, 5.74) is 2.46. The van der Waals surface area contributed by atoms with Crippen LogP contribution in [0.4, 0.5) is 0 Å². The lowest BCUT2D eigenvalue weighted by Gasteiger charge is -2.06. The summed E-state index contributed by atoms with van der Waals surface area (Å²) in [7, 11) is 0. The first-order valence-electron chi connectivity index (χ1n) is 15.5. The van der Waals surface area contributed by atoms with Crippen LogP contribution in [0.3, 0.4) is 0 Å². The molecule has 46 heavy (non-hydrogen) atoms. The summed E-state index contributed by atoms with van der Waals surface area (Å²) in [6.45, 7) is 9.09. The van der Waals surface area contributed by atoms with Crippen LogP contribution < -0.4 is 33.9 Å². The van der Waals surface area contributed by atoms with Gasteiger partial charge in [-0.2, -0.15) is 0 Å². The van der Waals surface area contributed by atoms with Gasteiger partial charge in [-0.05, 0) is 37.8 Å². The molecule has 0 aliphatic carbocycles. The molecular formula is C32H54Cl4N2O8. The van der Waals surface area contributed by atoms with Gasteiger partial charge >= 0.3 is 0 Å². The van der Waals surface area contributed by atoms with E-state index >= 15 is 0 Å². The van der Waals surface area contributed by atoms with Gasteiger partial charge in [0.15, 0.2) is 37.9 Å². The van der Waals surface area contributed by atoms with E-state index in [0.717, 1.165) is 38.8 Å². The van der Waals surface area contributed by atoms with Crippen LogP contribution in [-0.4, -0.2) is 114 Å². The molecule has 0 aliphatic rings. The third-order valence-electron chi connectivity index (χ3n) is 6.00. The Bertz CT molecular complexity index is 839. The molecule has 10 nitrogen and oxygen atoms in total. The minimum Gasteiger partial charge on any atom is -1.00 e. The van der Waals surface area contributed by atoms with Crippen molar-refractivity contribution >= 4 is 23.2 Å². The molecule has 268 valence electrons. The van der Waals surface area contributed by atoms with Crippen molar-refractivity contribution in [3.05, 3.63) is 60.2 Å². The summed E-state index contributed by atoms with van der Waals surface area (Å²) in [5.74, 6) is 1.05. The van der Waals surface area contributed by atoms with Crippen LogP contribution in [0.1, 0.15) is 24.0 Å². The number of aromatic nitrogens is 2. The maximum absolute atomic E-state index is 8.93. The van der Waals surface area contributed by atoms with Crippen molar-refractivity contribution in [1.29, 1.82) is 0 Å². The van der Waals surface area contributed by atoms with E-state index in [4.69, 9.17) is 61.8 Å². The van der Waals surface area contributed by atoms with Gasteiger partial charge in [-0.1, -0.05) is 0 Å². The third kappa shape index (κ3) is 29.3. The molecule has 2 heterocycles. The number of aliphatic hydroxyl groups excluding tert-OH is 2. The number of rotatable bonds is 28. The Kier molecular flexibility index (Phi) is 38.0. The molecule has 2 rings (SSSR count). The van der Waals surface area contributed by atoms with Crippen LogP contribution in [0.2, 0.25) is 0 Å². The van der Waals surface area contributed by atoms with E-state index in [0.29, 0.717) is 91.0 Å². The van der Waals surface area contributed by atoms with E-state index in [9.17, 15) is 0 Å². The highest BCUT2D eigenvalue weighted by atomic mass is 35.5. The Morgan fingerprint density at radius 1 is 0.500 bits per heavy atom. The maximum Gasteiger partial charge on any atom is 0.172 e. The number of hydrogen-bond acceptors (Lipinski definition) is 8. The number of halogens is 4. The van der Waals surface area contributed by atoms with Crippen LogP contribution in [-0.2, 0) is 54.4 Å². The molecule has 2 aromatic rings. The van der Waals surface area contributed by atoms with Gasteiger partial charge in [0.2, 0.25) is 0 Å². The molecule has 0 unspecified atom stereocenters. The van der Waals surface area contributed by atoms with Crippen molar-refractivity contribution in [3.63, 3.8) is 0 Å². The smallest absolute Gasteiger partial charge is 0.172 e. The maximum atomic E-state index is 8.93. The monoisotopic (exact) mass is 734 g/mol. The SMILES string of the molecule is ClCCOCCOCCOCCCl.OCCCc1ccc[n+](CCOCCOCCOCC[n+]2cccc(CCCO)c2)c1.[Cl-].[Cl-]. The Morgan fingerprint density at radius 2 is 0.826 bits per heavy atom. The van der Waals surface area contributed by atoms with Gasteiger partial charge < -0.3 is 63.4 Å². The van der Waals surface area contributed by atoms with Gasteiger partial charge in [0.05, 0.1) is 66.1 Å². The topological polar surface area (TPSA) is 104 Å². The predicted molar refractivity (Wildman–Crippen MR) is 170 cm³/mol. The fourth-order valence-corrected chi connectivity index (χ4v) is 4.04. The highest BCUT2D eigenvalue weighted by Gasteiger charge is 2.04. The zero-order chi connectivity index (χ0) is 31.8. The van der Waals surface area contributed by atoms with Crippen molar-refractivity contribution in [2.75, 3.05) is 104 Å². The molecule has 0 atom stereocenters. The molecule has 0 amide bonds. The zero-order valence-electron chi connectivity index (χ0n) is 26.9. The Hall–Kier alpha value is -0.860. The molecule has 2 aromatic heterocycles. The minimum atomic E-state index is 0. The molecule has 0 aliphatic heterocycles. The normalized spacial score (nSPS) is 10.5. The summed E-state index contributed by atoms with van der Waals surface area (Å²) in [4.78, 5) is 0. The number of aliphatic hydroxyl groups is 2. The van der Waals surface area contributed by atoms with Gasteiger partial charge in [-0.15, -0.1) is 23.2 Å². The number of nitrogens with zero attached hydrogens (tertiary/aromatic N) is 2. The van der Waals surface area contributed by atoms with Crippen LogP contribution in [0.25, 0.3) is 0 Å². The van der Waals surface area contributed by atoms with E-state index in [1.807, 2.05) is 24.5 Å². The first-order chi connectivity index (χ1) is 21.7. The van der Waals surface area contributed by atoms with Crippen LogP contribution >= 0.6 is 23.2 Å². The second kappa shape index (κ2) is 37.0. The lowest BCUT2D eigenvalue weighted by atomic mass is 10.2. The van der Waals surface area contributed by atoms with Crippen molar-refractivity contribution in [3.8, 4) is 0 Å². The van der Waals surface area contributed by atoms with E-state index in [-0.39, 0.29) is 38.0 Å². The second-order valence-electron chi connectivity index (χ2n) is 9.61. The predicted octanol–water partition coefficient (Wildman–Crippen LogP) is -3.62. The van der Waals surface area contributed by atoms with Crippen molar-refractivity contribution in [2.45, 2.75) is 38.8 Å². The largest absolute Gasteiger partial charge is 1.00 e. The lowest BCUT2D eigenvalue weighted by Crippen LogP contribution is -3.00. The molecule has 0 radical (unpaired) electrons.